The van der Waals surface area contributed by atoms with Gasteiger partial charge in [-0.1, -0.05) is 4.57 Å². The minimum absolute atomic E-state index is 0. The maximum absolute atomic E-state index is 8.48. The van der Waals surface area contributed by atoms with Gasteiger partial charge in [0.15, 0.2) is 0 Å². The molecule has 0 saturated heterocycles. The minimum Gasteiger partial charge on any atom is -0.598 e. The first-order valence-corrected chi connectivity index (χ1v) is 1.64. The summed E-state index contributed by atoms with van der Waals surface area (Å²) in [5.74, 6) is 0. The molecular formula is O3PTl-. The molecule has 5 heteroatoms. The zero-order chi connectivity index (χ0) is 3.58. The van der Waals surface area contributed by atoms with Crippen molar-refractivity contribution in [2.24, 2.45) is 0 Å². The molecule has 0 aromatic carbocycles. The zero-order valence-corrected chi connectivity index (χ0v) is 7.63. The molecule has 0 rings (SSSR count). The second-order valence-electron chi connectivity index (χ2n) is 0.224. The van der Waals surface area contributed by atoms with Gasteiger partial charge in [0.25, 0.3) is 8.25 Å². The van der Waals surface area contributed by atoms with E-state index >= 15 is 0 Å². The summed E-state index contributed by atoms with van der Waals surface area (Å²) in [6.45, 7) is 0. The molecule has 0 saturated carbocycles. The Labute approximate surface area is 50.1 Å². The van der Waals surface area contributed by atoms with Crippen LogP contribution >= 0.6 is 8.25 Å². The molecule has 0 aliphatic heterocycles. The summed E-state index contributed by atoms with van der Waals surface area (Å²) in [5.41, 5.74) is 0. The molecule has 0 fully saturated rings. The quantitative estimate of drug-likeness (QED) is 0.381. The molecule has 0 aliphatic carbocycles. The van der Waals surface area contributed by atoms with Gasteiger partial charge in [0.1, 0.15) is 0 Å². The Kier molecular flexibility index (Phi) is 9.23. The monoisotopic (exact) mass is 284 g/mol. The average molecular weight is 283 g/mol. The van der Waals surface area contributed by atoms with Crippen molar-refractivity contribution in [1.82, 2.24) is 0 Å². The number of hydrogen-bond donors (Lipinski definition) is 0. The SMILES string of the molecule is O=[P+]([O-])[O-].[Tl]. The molecule has 0 unspecified atom stereocenters. The normalized spacial score (nSPS) is 5.20. The number of hydrogen-bond acceptors (Lipinski definition) is 3. The van der Waals surface area contributed by atoms with E-state index in [4.69, 9.17) is 14.4 Å². The van der Waals surface area contributed by atoms with Gasteiger partial charge in [-0.15, -0.1) is 0 Å². The smallest absolute Gasteiger partial charge is 0.276 e. The van der Waals surface area contributed by atoms with E-state index in [1.807, 2.05) is 0 Å². The van der Waals surface area contributed by atoms with Gasteiger partial charge >= 0.3 is 0 Å². The van der Waals surface area contributed by atoms with Crippen molar-refractivity contribution in [1.29, 1.82) is 0 Å². The first-order valence-electron chi connectivity index (χ1n) is 0.548. The maximum Gasteiger partial charge on any atom is 0.276 e. The van der Waals surface area contributed by atoms with Gasteiger partial charge in [0.05, 0.1) is 0 Å². The van der Waals surface area contributed by atoms with Gasteiger partial charge in [-0.2, -0.15) is 0 Å². The standard InChI is InChI=1S/HO3P.Tl/c1-4(2)3;/h(H,1,2,3);/p-1. The van der Waals surface area contributed by atoms with E-state index in [1.165, 1.54) is 0 Å². The van der Waals surface area contributed by atoms with Crippen LogP contribution in [0.15, 0.2) is 0 Å². The van der Waals surface area contributed by atoms with E-state index in [0.29, 0.717) is 0 Å². The molecule has 0 aromatic rings. The maximum atomic E-state index is 8.48. The van der Waals surface area contributed by atoms with Gasteiger partial charge in [-0.05, 0) is 0 Å². The van der Waals surface area contributed by atoms with Gasteiger partial charge < -0.3 is 9.79 Å². The van der Waals surface area contributed by atoms with Crippen molar-refractivity contribution in [3.05, 3.63) is 0 Å². The van der Waals surface area contributed by atoms with Crippen LogP contribution in [0.4, 0.5) is 0 Å². The van der Waals surface area contributed by atoms with Crippen LogP contribution in [0.25, 0.3) is 0 Å². The van der Waals surface area contributed by atoms with Crippen LogP contribution in [-0.4, -0.2) is 27.3 Å². The summed E-state index contributed by atoms with van der Waals surface area (Å²) < 4.78 is 8.48. The van der Waals surface area contributed by atoms with Crippen LogP contribution < -0.4 is 9.79 Å². The molecule has 3 nitrogen and oxygen atoms in total. The summed E-state index contributed by atoms with van der Waals surface area (Å²) in [4.78, 5) is 17.0. The van der Waals surface area contributed by atoms with E-state index < -0.39 is 8.25 Å². The predicted molar refractivity (Wildman–Crippen MR) is 13.4 cm³/mol. The van der Waals surface area contributed by atoms with Gasteiger partial charge in [-0.25, -0.2) is 0 Å². The second-order valence-corrected chi connectivity index (χ2v) is 0.671. The molecule has 0 atom stereocenters. The van der Waals surface area contributed by atoms with Crippen LogP contribution in [0.1, 0.15) is 0 Å². The Hall–Kier alpha value is 0.942. The minimum atomic E-state index is -3.37. The van der Waals surface area contributed by atoms with E-state index in [2.05, 4.69) is 0 Å². The van der Waals surface area contributed by atoms with Gasteiger partial charge in [0, 0.05) is 27.3 Å². The molecule has 0 amide bonds. The molecule has 0 N–H and O–H groups in total. The topological polar surface area (TPSA) is 63.2 Å². The van der Waals surface area contributed by atoms with E-state index in [9.17, 15) is 0 Å². The largest absolute Gasteiger partial charge is 0.598 e. The van der Waals surface area contributed by atoms with Crippen molar-refractivity contribution in [2.75, 3.05) is 0 Å². The molecule has 0 heterocycles. The van der Waals surface area contributed by atoms with E-state index in [-0.39, 0.29) is 27.3 Å². The van der Waals surface area contributed by atoms with Crippen LogP contribution in [-0.2, 0) is 4.57 Å². The summed E-state index contributed by atoms with van der Waals surface area (Å²) >= 11 is 0. The Morgan fingerprint density at radius 2 is 1.40 bits per heavy atom. The molecule has 0 spiro atoms. The molecule has 5 heavy (non-hydrogen) atoms. The summed E-state index contributed by atoms with van der Waals surface area (Å²) in [6, 6.07) is 0. The van der Waals surface area contributed by atoms with Crippen LogP contribution in [0.5, 0.6) is 0 Å². The fraction of sp³-hybridized carbons (Fsp3) is 0. The molecule has 0 aromatic heterocycles. The average Bonchev–Trinajstić information content (AvgIpc) is 0.811. The summed E-state index contributed by atoms with van der Waals surface area (Å²) in [7, 11) is -3.37. The first kappa shape index (κ1) is 9.34. The second kappa shape index (κ2) is 4.94. The van der Waals surface area contributed by atoms with Crippen molar-refractivity contribution >= 4 is 35.6 Å². The van der Waals surface area contributed by atoms with Crippen LogP contribution in [0.3, 0.4) is 0 Å². The molecule has 0 bridgehead atoms. The molecule has 27 valence electrons. The van der Waals surface area contributed by atoms with Crippen molar-refractivity contribution in [3.63, 3.8) is 0 Å². The van der Waals surface area contributed by atoms with Crippen LogP contribution in [0.2, 0.25) is 0 Å². The Morgan fingerprint density at radius 3 is 1.40 bits per heavy atom. The number of rotatable bonds is 0. The van der Waals surface area contributed by atoms with Crippen molar-refractivity contribution in [2.45, 2.75) is 0 Å². The molecule has 0 aliphatic rings. The van der Waals surface area contributed by atoms with E-state index in [1.54, 1.807) is 0 Å². The third-order valence-corrected chi connectivity index (χ3v) is 0. The van der Waals surface area contributed by atoms with Gasteiger partial charge in [0.2, 0.25) is 0 Å². The van der Waals surface area contributed by atoms with Gasteiger partial charge in [-0.3, -0.25) is 0 Å². The first-order chi connectivity index (χ1) is 1.73. The van der Waals surface area contributed by atoms with E-state index in [0.717, 1.165) is 0 Å². The fourth-order valence-corrected chi connectivity index (χ4v) is 0. The fourth-order valence-electron chi connectivity index (χ4n) is 0. The van der Waals surface area contributed by atoms with Crippen molar-refractivity contribution < 1.29 is 14.4 Å². The third-order valence-electron chi connectivity index (χ3n) is 0. The Morgan fingerprint density at radius 1 is 1.40 bits per heavy atom. The summed E-state index contributed by atoms with van der Waals surface area (Å²) in [6.07, 6.45) is 0. The van der Waals surface area contributed by atoms with Crippen molar-refractivity contribution in [3.8, 4) is 0 Å². The summed E-state index contributed by atoms with van der Waals surface area (Å²) in [5, 5.41) is 0. The Balaban J connectivity index is 0. The molecule has 1 radical (unpaired) electrons. The Bertz CT molecular complexity index is 29.9. The molecular weight excluding hydrogens is 283 g/mol. The third kappa shape index (κ3) is 48.2. The predicted octanol–water partition coefficient (Wildman–Crippen LogP) is -2.02. The zero-order valence-electron chi connectivity index (χ0n) is 2.25. The van der Waals surface area contributed by atoms with Crippen LogP contribution in [0, 0.1) is 0 Å².